The lowest BCUT2D eigenvalue weighted by Crippen LogP contribution is -2.14. The quantitative estimate of drug-likeness (QED) is 0.639. The molecule has 0 saturated carbocycles. The van der Waals surface area contributed by atoms with Crippen molar-refractivity contribution >= 4 is 34.0 Å². The first-order valence-electron chi connectivity index (χ1n) is 7.06. The standard InChI is InChI=1S/C17H12ClF3N2O/c18-13-6-5-10(17(19,20)21)7-15(13)23-9-16(24)12-8-22-14-4-2-1-3-11(12)14/h1-8,22-23H,9H2. The molecule has 0 fully saturated rings. The van der Waals surface area contributed by atoms with E-state index in [1.165, 1.54) is 0 Å². The number of ketones is 1. The molecule has 0 atom stereocenters. The smallest absolute Gasteiger partial charge is 0.376 e. The Bertz CT molecular complexity index is 902. The van der Waals surface area contributed by atoms with Gasteiger partial charge in [-0.25, -0.2) is 0 Å². The highest BCUT2D eigenvalue weighted by Crippen LogP contribution is 2.33. The third-order valence-corrected chi connectivity index (χ3v) is 3.95. The van der Waals surface area contributed by atoms with Crippen molar-refractivity contribution in [3.8, 4) is 0 Å². The number of halogens is 4. The van der Waals surface area contributed by atoms with Gasteiger partial charge in [-0.05, 0) is 24.3 Å². The highest BCUT2D eigenvalue weighted by atomic mass is 35.5. The number of aromatic nitrogens is 1. The van der Waals surface area contributed by atoms with E-state index in [1.807, 2.05) is 18.2 Å². The van der Waals surface area contributed by atoms with Gasteiger partial charge in [0.15, 0.2) is 5.78 Å². The SMILES string of the molecule is O=C(CNc1cc(C(F)(F)F)ccc1Cl)c1c[nH]c2ccccc12. The molecule has 3 rings (SSSR count). The van der Waals surface area contributed by atoms with Crippen LogP contribution in [-0.2, 0) is 6.18 Å². The number of hydrogen-bond acceptors (Lipinski definition) is 2. The van der Waals surface area contributed by atoms with Crippen molar-refractivity contribution in [3.05, 3.63) is 64.8 Å². The summed E-state index contributed by atoms with van der Waals surface area (Å²) in [7, 11) is 0. The number of hydrogen-bond donors (Lipinski definition) is 2. The van der Waals surface area contributed by atoms with Gasteiger partial charge in [0.25, 0.3) is 0 Å². The van der Waals surface area contributed by atoms with Gasteiger partial charge in [0.2, 0.25) is 0 Å². The number of aromatic amines is 1. The van der Waals surface area contributed by atoms with Gasteiger partial charge in [-0.15, -0.1) is 0 Å². The number of alkyl halides is 3. The molecule has 2 N–H and O–H groups in total. The Labute approximate surface area is 140 Å². The Balaban J connectivity index is 1.79. The molecule has 0 saturated heterocycles. The van der Waals surface area contributed by atoms with Crippen LogP contribution < -0.4 is 5.32 Å². The van der Waals surface area contributed by atoms with Gasteiger partial charge in [0.1, 0.15) is 0 Å². The number of nitrogens with one attached hydrogen (secondary N) is 2. The fourth-order valence-electron chi connectivity index (χ4n) is 2.41. The molecule has 1 aromatic heterocycles. The topological polar surface area (TPSA) is 44.9 Å². The van der Waals surface area contributed by atoms with Crippen LogP contribution in [0.25, 0.3) is 10.9 Å². The third-order valence-electron chi connectivity index (χ3n) is 3.62. The van der Waals surface area contributed by atoms with Gasteiger partial charge >= 0.3 is 6.18 Å². The van der Waals surface area contributed by atoms with E-state index in [0.717, 1.165) is 29.1 Å². The maximum absolute atomic E-state index is 12.8. The molecule has 24 heavy (non-hydrogen) atoms. The zero-order valence-corrected chi connectivity index (χ0v) is 13.0. The average Bonchev–Trinajstić information content (AvgIpc) is 2.97. The van der Waals surface area contributed by atoms with Crippen LogP contribution in [0.3, 0.4) is 0 Å². The zero-order chi connectivity index (χ0) is 17.3. The normalized spacial score (nSPS) is 11.7. The second-order valence-corrected chi connectivity index (χ2v) is 5.62. The van der Waals surface area contributed by atoms with E-state index in [4.69, 9.17) is 11.6 Å². The van der Waals surface area contributed by atoms with Gasteiger partial charge < -0.3 is 10.3 Å². The van der Waals surface area contributed by atoms with E-state index in [9.17, 15) is 18.0 Å². The van der Waals surface area contributed by atoms with Crippen molar-refractivity contribution in [2.45, 2.75) is 6.18 Å². The summed E-state index contributed by atoms with van der Waals surface area (Å²) in [5.41, 5.74) is 0.535. The lowest BCUT2D eigenvalue weighted by Gasteiger charge is -2.12. The molecule has 124 valence electrons. The summed E-state index contributed by atoms with van der Waals surface area (Å²) in [5.74, 6) is -0.249. The minimum Gasteiger partial charge on any atom is -0.376 e. The molecule has 0 amide bonds. The summed E-state index contributed by atoms with van der Waals surface area (Å²) in [4.78, 5) is 15.3. The average molecular weight is 353 g/mol. The predicted octanol–water partition coefficient (Wildman–Crippen LogP) is 5.13. The lowest BCUT2D eigenvalue weighted by molar-refractivity contribution is -0.137. The van der Waals surface area contributed by atoms with E-state index in [1.54, 1.807) is 12.3 Å². The summed E-state index contributed by atoms with van der Waals surface area (Å²) in [6.45, 7) is -0.164. The maximum Gasteiger partial charge on any atom is 0.416 e. The maximum atomic E-state index is 12.8. The molecule has 0 unspecified atom stereocenters. The number of carbonyl (C=O) groups is 1. The van der Waals surface area contributed by atoms with E-state index in [-0.39, 0.29) is 23.0 Å². The number of carbonyl (C=O) groups excluding carboxylic acids is 1. The van der Waals surface area contributed by atoms with Crippen LogP contribution >= 0.6 is 11.6 Å². The monoisotopic (exact) mass is 352 g/mol. The highest BCUT2D eigenvalue weighted by molar-refractivity contribution is 6.33. The first kappa shape index (κ1) is 16.4. The molecule has 0 radical (unpaired) electrons. The van der Waals surface area contributed by atoms with Gasteiger partial charge in [0.05, 0.1) is 22.8 Å². The number of H-pyrrole nitrogens is 1. The molecule has 1 heterocycles. The second-order valence-electron chi connectivity index (χ2n) is 5.22. The minimum atomic E-state index is -4.47. The Hall–Kier alpha value is -2.47. The summed E-state index contributed by atoms with van der Waals surface area (Å²) >= 11 is 5.90. The van der Waals surface area contributed by atoms with Crippen LogP contribution in [0.4, 0.5) is 18.9 Å². The molecule has 3 aromatic rings. The first-order chi connectivity index (χ1) is 11.4. The van der Waals surface area contributed by atoms with Crippen LogP contribution in [0, 0.1) is 0 Å². The van der Waals surface area contributed by atoms with E-state index < -0.39 is 11.7 Å². The lowest BCUT2D eigenvalue weighted by atomic mass is 10.1. The van der Waals surface area contributed by atoms with Gasteiger partial charge in [-0.2, -0.15) is 13.2 Å². The van der Waals surface area contributed by atoms with Crippen LogP contribution in [-0.4, -0.2) is 17.3 Å². The Morgan fingerprint density at radius 2 is 1.92 bits per heavy atom. The van der Waals surface area contributed by atoms with Crippen LogP contribution in [0.1, 0.15) is 15.9 Å². The molecule has 0 aliphatic rings. The number of fused-ring (bicyclic) bond motifs is 1. The summed E-state index contributed by atoms with van der Waals surface area (Å²) in [6.07, 6.45) is -2.88. The van der Waals surface area contributed by atoms with E-state index >= 15 is 0 Å². The molecule has 0 bridgehead atoms. The van der Waals surface area contributed by atoms with Crippen molar-refractivity contribution in [3.63, 3.8) is 0 Å². The van der Waals surface area contributed by atoms with E-state index in [0.29, 0.717) is 5.56 Å². The van der Waals surface area contributed by atoms with Crippen LogP contribution in [0.15, 0.2) is 48.7 Å². The molecular formula is C17H12ClF3N2O. The molecule has 2 aromatic carbocycles. The fourth-order valence-corrected chi connectivity index (χ4v) is 2.59. The Kier molecular flexibility index (Phi) is 4.24. The second kappa shape index (κ2) is 6.20. The molecule has 3 nitrogen and oxygen atoms in total. The van der Waals surface area contributed by atoms with Crippen LogP contribution in [0.2, 0.25) is 5.02 Å². The minimum absolute atomic E-state index is 0.0692. The summed E-state index contributed by atoms with van der Waals surface area (Å²) < 4.78 is 38.3. The molecule has 0 spiro atoms. The van der Waals surface area contributed by atoms with Gasteiger partial charge in [-0.3, -0.25) is 4.79 Å². The predicted molar refractivity (Wildman–Crippen MR) is 87.6 cm³/mol. The molecular weight excluding hydrogens is 341 g/mol. The van der Waals surface area contributed by atoms with Gasteiger partial charge in [-0.1, -0.05) is 29.8 Å². The number of anilines is 1. The third kappa shape index (κ3) is 3.23. The van der Waals surface area contributed by atoms with E-state index in [2.05, 4.69) is 10.3 Å². The first-order valence-corrected chi connectivity index (χ1v) is 7.44. The number of para-hydroxylation sites is 1. The number of Topliss-reactive ketones (excluding diaryl/α,β-unsaturated/α-hetero) is 1. The van der Waals surface area contributed by atoms with Crippen molar-refractivity contribution < 1.29 is 18.0 Å². The highest BCUT2D eigenvalue weighted by Gasteiger charge is 2.31. The Morgan fingerprint density at radius 3 is 2.67 bits per heavy atom. The summed E-state index contributed by atoms with van der Waals surface area (Å²) in [5, 5.41) is 3.57. The zero-order valence-electron chi connectivity index (χ0n) is 12.2. The van der Waals surface area contributed by atoms with Gasteiger partial charge in [0, 0.05) is 22.7 Å². The number of benzene rings is 2. The van der Waals surface area contributed by atoms with Crippen molar-refractivity contribution in [2.75, 3.05) is 11.9 Å². The molecule has 0 aliphatic carbocycles. The molecule has 0 aliphatic heterocycles. The summed E-state index contributed by atoms with van der Waals surface area (Å²) in [6, 6.07) is 10.2. The fraction of sp³-hybridized carbons (Fsp3) is 0.118. The van der Waals surface area contributed by atoms with Crippen molar-refractivity contribution in [1.82, 2.24) is 4.98 Å². The molecule has 7 heteroatoms. The Morgan fingerprint density at radius 1 is 1.17 bits per heavy atom. The van der Waals surface area contributed by atoms with Crippen LogP contribution in [0.5, 0.6) is 0 Å². The van der Waals surface area contributed by atoms with Crippen molar-refractivity contribution in [1.29, 1.82) is 0 Å². The van der Waals surface area contributed by atoms with Crippen molar-refractivity contribution in [2.24, 2.45) is 0 Å². The number of rotatable bonds is 4. The largest absolute Gasteiger partial charge is 0.416 e.